The molecule has 5 aromatic rings. The number of fused-ring (bicyclic) bond motifs is 1. The fraction of sp³-hybridized carbons (Fsp3) is 0.0370. The summed E-state index contributed by atoms with van der Waals surface area (Å²) in [6.07, 6.45) is 0.333. The summed E-state index contributed by atoms with van der Waals surface area (Å²) in [5, 5.41) is 8.95. The molecule has 5 heteroatoms. The molecule has 0 radical (unpaired) electrons. The molecule has 0 aliphatic carbocycles. The van der Waals surface area contributed by atoms with Crippen molar-refractivity contribution in [2.75, 3.05) is 5.32 Å². The maximum atomic E-state index is 12.6. The van der Waals surface area contributed by atoms with Crippen molar-refractivity contribution in [1.29, 1.82) is 0 Å². The van der Waals surface area contributed by atoms with Crippen molar-refractivity contribution in [3.05, 3.63) is 107 Å². The fourth-order valence-corrected chi connectivity index (χ4v) is 4.64. The van der Waals surface area contributed by atoms with Gasteiger partial charge in [0, 0.05) is 27.2 Å². The maximum absolute atomic E-state index is 12.6. The highest BCUT2D eigenvalue weighted by Gasteiger charge is 2.09. The number of nitrogens with one attached hydrogen (secondary N) is 1. The Bertz CT molecular complexity index is 1390. The minimum Gasteiger partial charge on any atom is -0.326 e. The summed E-state index contributed by atoms with van der Waals surface area (Å²) in [6, 6.07) is 29.7. The van der Waals surface area contributed by atoms with Crippen LogP contribution >= 0.6 is 22.9 Å². The van der Waals surface area contributed by atoms with Crippen LogP contribution in [0.25, 0.3) is 32.6 Å². The average molecular weight is 455 g/mol. The summed E-state index contributed by atoms with van der Waals surface area (Å²) < 4.78 is 0. The lowest BCUT2D eigenvalue weighted by atomic mass is 10.0. The number of nitrogens with zero attached hydrogens (tertiary/aromatic N) is 1. The number of hydrogen-bond donors (Lipinski definition) is 1. The molecule has 0 saturated heterocycles. The molecule has 0 fully saturated rings. The number of thiazole rings is 1. The maximum Gasteiger partial charge on any atom is 0.228 e. The zero-order valence-electron chi connectivity index (χ0n) is 17.1. The van der Waals surface area contributed by atoms with Gasteiger partial charge in [-0.15, -0.1) is 11.3 Å². The van der Waals surface area contributed by atoms with Crippen LogP contribution in [0.3, 0.4) is 0 Å². The third-order valence-corrected chi connectivity index (χ3v) is 6.43. The van der Waals surface area contributed by atoms with Gasteiger partial charge in [-0.05, 0) is 40.6 Å². The molecular weight excluding hydrogens is 436 g/mol. The van der Waals surface area contributed by atoms with E-state index in [-0.39, 0.29) is 5.91 Å². The molecule has 0 atom stereocenters. The second-order valence-corrected chi connectivity index (χ2v) is 8.78. The number of rotatable bonds is 5. The van der Waals surface area contributed by atoms with Crippen LogP contribution in [0, 0.1) is 0 Å². The van der Waals surface area contributed by atoms with Gasteiger partial charge in [0.15, 0.2) is 0 Å². The smallest absolute Gasteiger partial charge is 0.228 e. The number of halogens is 1. The van der Waals surface area contributed by atoms with Crippen LogP contribution in [-0.2, 0) is 11.2 Å². The van der Waals surface area contributed by atoms with Gasteiger partial charge in [0.25, 0.3) is 0 Å². The molecule has 5 rings (SSSR count). The molecule has 0 spiro atoms. The monoisotopic (exact) mass is 454 g/mol. The molecule has 1 heterocycles. The number of carbonyl (C=O) groups is 1. The van der Waals surface area contributed by atoms with Gasteiger partial charge >= 0.3 is 0 Å². The SMILES string of the molecule is O=C(Cc1cccc2ccccc12)Nc1ccc(-c2csc(-c3ccc(Cl)cc3)n2)cc1. The lowest BCUT2D eigenvalue weighted by molar-refractivity contribution is -0.115. The zero-order chi connectivity index (χ0) is 21.9. The Morgan fingerprint density at radius 2 is 1.56 bits per heavy atom. The highest BCUT2D eigenvalue weighted by Crippen LogP contribution is 2.30. The first-order valence-electron chi connectivity index (χ1n) is 10.2. The summed E-state index contributed by atoms with van der Waals surface area (Å²) in [5.41, 5.74) is 4.76. The predicted octanol–water partition coefficient (Wildman–Crippen LogP) is 7.46. The zero-order valence-corrected chi connectivity index (χ0v) is 18.7. The van der Waals surface area contributed by atoms with Gasteiger partial charge < -0.3 is 5.32 Å². The first kappa shape index (κ1) is 20.4. The van der Waals surface area contributed by atoms with Crippen molar-refractivity contribution in [3.8, 4) is 21.8 Å². The first-order chi connectivity index (χ1) is 15.7. The molecule has 0 unspecified atom stereocenters. The van der Waals surface area contributed by atoms with Crippen LogP contribution in [0.1, 0.15) is 5.56 Å². The Hall–Kier alpha value is -3.47. The number of hydrogen-bond acceptors (Lipinski definition) is 3. The third-order valence-electron chi connectivity index (χ3n) is 5.29. The molecule has 0 bridgehead atoms. The van der Waals surface area contributed by atoms with Gasteiger partial charge in [-0.25, -0.2) is 4.98 Å². The van der Waals surface area contributed by atoms with E-state index < -0.39 is 0 Å². The van der Waals surface area contributed by atoms with Crippen molar-refractivity contribution < 1.29 is 4.79 Å². The van der Waals surface area contributed by atoms with Crippen LogP contribution in [0.2, 0.25) is 5.02 Å². The number of carbonyl (C=O) groups excluding carboxylic acids is 1. The summed E-state index contributed by atoms with van der Waals surface area (Å²) in [5.74, 6) is -0.0345. The number of anilines is 1. The van der Waals surface area contributed by atoms with Crippen molar-refractivity contribution >= 4 is 45.3 Å². The van der Waals surface area contributed by atoms with Crippen molar-refractivity contribution in [2.24, 2.45) is 0 Å². The normalized spacial score (nSPS) is 10.9. The van der Waals surface area contributed by atoms with Gasteiger partial charge in [0.1, 0.15) is 5.01 Å². The van der Waals surface area contributed by atoms with E-state index in [1.807, 2.05) is 78.2 Å². The van der Waals surface area contributed by atoms with E-state index in [0.717, 1.165) is 43.9 Å². The number of benzene rings is 4. The molecule has 3 nitrogen and oxygen atoms in total. The molecule has 1 aromatic heterocycles. The average Bonchev–Trinajstić information content (AvgIpc) is 3.31. The molecule has 1 N–H and O–H groups in total. The quantitative estimate of drug-likeness (QED) is 0.299. The Balaban J connectivity index is 1.28. The third kappa shape index (κ3) is 4.42. The fourth-order valence-electron chi connectivity index (χ4n) is 3.68. The van der Waals surface area contributed by atoms with Gasteiger partial charge in [0.05, 0.1) is 12.1 Å². The van der Waals surface area contributed by atoms with Gasteiger partial charge in [-0.3, -0.25) is 4.79 Å². The lowest BCUT2D eigenvalue weighted by Gasteiger charge is -2.08. The van der Waals surface area contributed by atoms with Crippen LogP contribution < -0.4 is 5.32 Å². The van der Waals surface area contributed by atoms with Crippen molar-refractivity contribution in [2.45, 2.75) is 6.42 Å². The van der Waals surface area contributed by atoms with E-state index in [4.69, 9.17) is 16.6 Å². The Labute approximate surface area is 195 Å². The number of amides is 1. The van der Waals surface area contributed by atoms with Crippen LogP contribution in [0.5, 0.6) is 0 Å². The minimum absolute atomic E-state index is 0.0345. The molecule has 0 aliphatic rings. The van der Waals surface area contributed by atoms with Crippen molar-refractivity contribution in [1.82, 2.24) is 4.98 Å². The number of aromatic nitrogens is 1. The van der Waals surface area contributed by atoms with E-state index in [1.165, 1.54) is 0 Å². The van der Waals surface area contributed by atoms with Gasteiger partial charge in [0.2, 0.25) is 5.91 Å². The first-order valence-corrected chi connectivity index (χ1v) is 11.5. The molecule has 4 aromatic carbocycles. The van der Waals surface area contributed by atoms with Gasteiger partial charge in [-0.2, -0.15) is 0 Å². The standard InChI is InChI=1S/C27H19ClN2OS/c28-22-12-8-20(9-13-22)27-30-25(17-32-27)19-10-14-23(15-11-19)29-26(31)16-21-6-3-5-18-4-1-2-7-24(18)21/h1-15,17H,16H2,(H,29,31). The second kappa shape index (κ2) is 8.95. The second-order valence-electron chi connectivity index (χ2n) is 7.49. The minimum atomic E-state index is -0.0345. The lowest BCUT2D eigenvalue weighted by Crippen LogP contribution is -2.14. The Kier molecular flexibility index (Phi) is 5.71. The van der Waals surface area contributed by atoms with Crippen LogP contribution in [-0.4, -0.2) is 10.9 Å². The van der Waals surface area contributed by atoms with E-state index in [2.05, 4.69) is 23.5 Å². The largest absolute Gasteiger partial charge is 0.326 e. The molecule has 156 valence electrons. The summed E-state index contributed by atoms with van der Waals surface area (Å²) in [7, 11) is 0. The summed E-state index contributed by atoms with van der Waals surface area (Å²) >= 11 is 7.57. The van der Waals surface area contributed by atoms with Crippen LogP contribution in [0.15, 0.2) is 96.4 Å². The molecule has 1 amide bonds. The molecule has 0 aliphatic heterocycles. The predicted molar refractivity (Wildman–Crippen MR) is 134 cm³/mol. The molecule has 32 heavy (non-hydrogen) atoms. The Morgan fingerprint density at radius 3 is 2.38 bits per heavy atom. The molecule has 0 saturated carbocycles. The van der Waals surface area contributed by atoms with Crippen LogP contribution in [0.4, 0.5) is 5.69 Å². The molecular formula is C27H19ClN2OS. The summed E-state index contributed by atoms with van der Waals surface area (Å²) in [4.78, 5) is 17.4. The van der Waals surface area contributed by atoms with E-state index in [9.17, 15) is 4.79 Å². The van der Waals surface area contributed by atoms with E-state index in [1.54, 1.807) is 11.3 Å². The van der Waals surface area contributed by atoms with E-state index in [0.29, 0.717) is 11.4 Å². The highest BCUT2D eigenvalue weighted by atomic mass is 35.5. The van der Waals surface area contributed by atoms with Gasteiger partial charge in [-0.1, -0.05) is 78.3 Å². The van der Waals surface area contributed by atoms with E-state index >= 15 is 0 Å². The highest BCUT2D eigenvalue weighted by molar-refractivity contribution is 7.13. The van der Waals surface area contributed by atoms with Crippen molar-refractivity contribution in [3.63, 3.8) is 0 Å². The topological polar surface area (TPSA) is 42.0 Å². The summed E-state index contributed by atoms with van der Waals surface area (Å²) in [6.45, 7) is 0. The Morgan fingerprint density at radius 1 is 0.844 bits per heavy atom.